The maximum absolute atomic E-state index is 13.8. The highest BCUT2D eigenvalue weighted by molar-refractivity contribution is 6.39. The van der Waals surface area contributed by atoms with Gasteiger partial charge in [0.15, 0.2) is 0 Å². The van der Waals surface area contributed by atoms with E-state index < -0.39 is 46.9 Å². The van der Waals surface area contributed by atoms with Gasteiger partial charge in [0, 0.05) is 16.1 Å². The molecule has 2 fully saturated rings. The number of imide groups is 1. The lowest BCUT2D eigenvalue weighted by atomic mass is 9.77. The molecule has 0 bridgehead atoms. The lowest BCUT2D eigenvalue weighted by Crippen LogP contribution is -2.51. The quantitative estimate of drug-likeness (QED) is 0.383. The minimum atomic E-state index is -2.12. The fourth-order valence-corrected chi connectivity index (χ4v) is 5.69. The fraction of sp³-hybridized carbons (Fsp3) is 0.154. The van der Waals surface area contributed by atoms with Crippen molar-refractivity contribution in [2.24, 2.45) is 11.8 Å². The Balaban J connectivity index is 1.56. The molecule has 0 N–H and O–H groups in total. The van der Waals surface area contributed by atoms with Crippen LogP contribution >= 0.6 is 23.2 Å². The van der Waals surface area contributed by atoms with Crippen LogP contribution in [0.2, 0.25) is 10.0 Å². The average molecular weight is 492 g/mol. The van der Waals surface area contributed by atoms with Gasteiger partial charge < -0.3 is 4.74 Å². The smallest absolute Gasteiger partial charge is 0.241 e. The van der Waals surface area contributed by atoms with Gasteiger partial charge in [-0.05, 0) is 29.8 Å². The minimum absolute atomic E-state index is 0.180. The number of carbonyl (C=O) groups excluding carboxylic acids is 4. The Morgan fingerprint density at radius 3 is 1.94 bits per heavy atom. The molecule has 2 heterocycles. The number of anilines is 1. The molecule has 1 aliphatic carbocycles. The Morgan fingerprint density at radius 2 is 1.32 bits per heavy atom. The van der Waals surface area contributed by atoms with Crippen molar-refractivity contribution in [2.45, 2.75) is 11.7 Å². The predicted octanol–water partition coefficient (Wildman–Crippen LogP) is 4.69. The first kappa shape index (κ1) is 21.2. The number of carbonyl (C=O) groups is 4. The Morgan fingerprint density at radius 1 is 0.735 bits per heavy atom. The molecular formula is C26H15Cl2NO5. The third-order valence-corrected chi connectivity index (χ3v) is 7.38. The van der Waals surface area contributed by atoms with Crippen LogP contribution < -0.4 is 4.90 Å². The summed E-state index contributed by atoms with van der Waals surface area (Å²) in [5, 5.41) is 0.675. The van der Waals surface area contributed by atoms with Gasteiger partial charge in [0.2, 0.25) is 29.0 Å². The maximum atomic E-state index is 13.8. The summed E-state index contributed by atoms with van der Waals surface area (Å²) in [6.45, 7) is 0. The normalized spacial score (nSPS) is 24.8. The van der Waals surface area contributed by atoms with Gasteiger partial charge in [-0.25, -0.2) is 4.90 Å². The standard InChI is InChI=1S/C26H15Cl2NO5/c27-14-11-9-13(10-12-14)21-19-20(25(33)29(24(19)32)18-8-4-3-7-17(18)28)26(34-21)22(30)15-5-1-2-6-16(15)23(26)31/h1-12,19-21H/t19-,20-,21-/m1/s1. The predicted molar refractivity (Wildman–Crippen MR) is 124 cm³/mol. The van der Waals surface area contributed by atoms with Crippen molar-refractivity contribution < 1.29 is 23.9 Å². The van der Waals surface area contributed by atoms with Crippen LogP contribution in [-0.2, 0) is 14.3 Å². The number of nitrogens with zero attached hydrogens (tertiary/aromatic N) is 1. The molecule has 0 radical (unpaired) electrons. The number of halogens is 2. The van der Waals surface area contributed by atoms with Crippen LogP contribution in [0.5, 0.6) is 0 Å². The third-order valence-electron chi connectivity index (χ3n) is 6.81. The second kappa shape index (κ2) is 7.34. The number of fused-ring (bicyclic) bond motifs is 3. The highest BCUT2D eigenvalue weighted by Gasteiger charge is 2.74. The molecule has 2 amide bonds. The number of ether oxygens (including phenoxy) is 1. The van der Waals surface area contributed by atoms with Crippen LogP contribution in [0.3, 0.4) is 0 Å². The van der Waals surface area contributed by atoms with Crippen molar-refractivity contribution >= 4 is 52.3 Å². The van der Waals surface area contributed by atoms with Crippen LogP contribution in [0.25, 0.3) is 0 Å². The number of hydrogen-bond acceptors (Lipinski definition) is 5. The van der Waals surface area contributed by atoms with Gasteiger partial charge >= 0.3 is 0 Å². The molecule has 3 aliphatic rings. The van der Waals surface area contributed by atoms with Crippen LogP contribution in [0.4, 0.5) is 5.69 Å². The number of para-hydroxylation sites is 1. The molecule has 0 saturated carbocycles. The van der Waals surface area contributed by atoms with Gasteiger partial charge in [0.25, 0.3) is 0 Å². The molecule has 0 aromatic heterocycles. The van der Waals surface area contributed by atoms with Gasteiger partial charge in [0.1, 0.15) is 0 Å². The van der Waals surface area contributed by atoms with E-state index in [0.717, 1.165) is 4.90 Å². The highest BCUT2D eigenvalue weighted by atomic mass is 35.5. The molecule has 6 rings (SSSR count). The van der Waals surface area contributed by atoms with Crippen molar-refractivity contribution in [3.05, 3.63) is 99.5 Å². The van der Waals surface area contributed by atoms with Crippen LogP contribution in [-0.4, -0.2) is 29.0 Å². The summed E-state index contributed by atoms with van der Waals surface area (Å²) in [7, 11) is 0. The maximum Gasteiger partial charge on any atom is 0.241 e. The molecule has 3 aromatic rings. The second-order valence-electron chi connectivity index (χ2n) is 8.50. The van der Waals surface area contributed by atoms with E-state index in [2.05, 4.69) is 0 Å². The van der Waals surface area contributed by atoms with E-state index in [-0.39, 0.29) is 21.8 Å². The van der Waals surface area contributed by atoms with Gasteiger partial charge in [-0.3, -0.25) is 19.2 Å². The van der Waals surface area contributed by atoms with Gasteiger partial charge in [-0.1, -0.05) is 71.7 Å². The van der Waals surface area contributed by atoms with E-state index in [0.29, 0.717) is 10.6 Å². The number of rotatable bonds is 2. The molecule has 0 unspecified atom stereocenters. The van der Waals surface area contributed by atoms with E-state index in [1.165, 1.54) is 12.1 Å². The summed E-state index contributed by atoms with van der Waals surface area (Å²) < 4.78 is 6.22. The van der Waals surface area contributed by atoms with Gasteiger partial charge in [-0.15, -0.1) is 0 Å². The summed E-state index contributed by atoms with van der Waals surface area (Å²) in [4.78, 5) is 55.9. The monoisotopic (exact) mass is 491 g/mol. The van der Waals surface area contributed by atoms with Crippen LogP contribution in [0.15, 0.2) is 72.8 Å². The number of benzene rings is 3. The molecule has 3 aromatic carbocycles. The molecular weight excluding hydrogens is 477 g/mol. The third kappa shape index (κ3) is 2.61. The van der Waals surface area contributed by atoms with Crippen molar-refractivity contribution in [2.75, 3.05) is 4.90 Å². The topological polar surface area (TPSA) is 80.8 Å². The zero-order chi connectivity index (χ0) is 23.8. The van der Waals surface area contributed by atoms with Gasteiger partial charge in [-0.2, -0.15) is 0 Å². The van der Waals surface area contributed by atoms with Crippen molar-refractivity contribution in [3.8, 4) is 0 Å². The number of ketones is 2. The molecule has 168 valence electrons. The summed E-state index contributed by atoms with van der Waals surface area (Å²) in [6.07, 6.45) is -1.01. The first-order valence-corrected chi connectivity index (χ1v) is 11.4. The van der Waals surface area contributed by atoms with Crippen molar-refractivity contribution in [1.29, 1.82) is 0 Å². The summed E-state index contributed by atoms with van der Waals surface area (Å²) >= 11 is 12.4. The Bertz CT molecular complexity index is 1380. The van der Waals surface area contributed by atoms with Crippen LogP contribution in [0.1, 0.15) is 32.4 Å². The molecule has 8 heteroatoms. The first-order chi connectivity index (χ1) is 16.4. The minimum Gasteiger partial charge on any atom is -0.349 e. The molecule has 3 atom stereocenters. The Labute approximate surface area is 204 Å². The molecule has 2 aliphatic heterocycles. The fourth-order valence-electron chi connectivity index (χ4n) is 5.34. The highest BCUT2D eigenvalue weighted by Crippen LogP contribution is 2.58. The lowest BCUT2D eigenvalue weighted by molar-refractivity contribution is -0.127. The molecule has 6 nitrogen and oxygen atoms in total. The second-order valence-corrected chi connectivity index (χ2v) is 9.34. The zero-order valence-electron chi connectivity index (χ0n) is 17.4. The molecule has 2 saturated heterocycles. The largest absolute Gasteiger partial charge is 0.349 e. The Hall–Kier alpha value is -3.32. The molecule has 34 heavy (non-hydrogen) atoms. The van der Waals surface area contributed by atoms with Crippen molar-refractivity contribution in [1.82, 2.24) is 0 Å². The number of amides is 2. The van der Waals surface area contributed by atoms with Crippen LogP contribution in [0, 0.1) is 11.8 Å². The zero-order valence-corrected chi connectivity index (χ0v) is 18.9. The first-order valence-electron chi connectivity index (χ1n) is 10.6. The summed E-state index contributed by atoms with van der Waals surface area (Å²) in [5.74, 6) is -4.90. The number of hydrogen-bond donors (Lipinski definition) is 0. The van der Waals surface area contributed by atoms with E-state index in [1.807, 2.05) is 0 Å². The van der Waals surface area contributed by atoms with E-state index in [9.17, 15) is 19.2 Å². The lowest BCUT2D eigenvalue weighted by Gasteiger charge is -2.27. The summed E-state index contributed by atoms with van der Waals surface area (Å²) in [5.41, 5.74) is -1.02. The van der Waals surface area contributed by atoms with E-state index in [1.54, 1.807) is 60.7 Å². The molecule has 1 spiro atoms. The SMILES string of the molecule is O=C1[C@H]2[C@@H](c3ccc(Cl)cc3)OC3(C(=O)c4ccccc4C3=O)[C@H]2C(=O)N1c1ccccc1Cl. The number of Topliss-reactive ketones (excluding diaryl/α,β-unsaturated/α-hetero) is 2. The Kier molecular flexibility index (Phi) is 4.58. The van der Waals surface area contributed by atoms with E-state index in [4.69, 9.17) is 27.9 Å². The van der Waals surface area contributed by atoms with Crippen molar-refractivity contribution in [3.63, 3.8) is 0 Å². The van der Waals surface area contributed by atoms with Gasteiger partial charge in [0.05, 0.1) is 28.6 Å². The van der Waals surface area contributed by atoms with E-state index >= 15 is 0 Å². The average Bonchev–Trinajstić information content (AvgIpc) is 3.40. The summed E-state index contributed by atoms with van der Waals surface area (Å²) in [6, 6.07) is 19.4.